The lowest BCUT2D eigenvalue weighted by Crippen LogP contribution is -2.02. The van der Waals surface area contributed by atoms with E-state index in [-0.39, 0.29) is 5.97 Å². The second kappa shape index (κ2) is 11.1. The van der Waals surface area contributed by atoms with Crippen LogP contribution in [0.3, 0.4) is 0 Å². The summed E-state index contributed by atoms with van der Waals surface area (Å²) in [6, 6.07) is 0. The molecule has 90 valence electrons. The van der Waals surface area contributed by atoms with E-state index < -0.39 is 0 Å². The molecule has 0 aromatic carbocycles. The van der Waals surface area contributed by atoms with Crippen LogP contribution in [0.1, 0.15) is 19.8 Å². The zero-order chi connectivity index (χ0) is 11.5. The molecule has 0 saturated heterocycles. The van der Waals surface area contributed by atoms with Crippen molar-refractivity contribution in [3.8, 4) is 0 Å². The number of carbonyl (C=O) groups excluding carboxylic acids is 1. The molecule has 0 spiro atoms. The van der Waals surface area contributed by atoms with Crippen LogP contribution in [0.2, 0.25) is 0 Å². The van der Waals surface area contributed by atoms with Crippen LogP contribution in [0.25, 0.3) is 0 Å². The lowest BCUT2D eigenvalue weighted by molar-refractivity contribution is -0.140. The van der Waals surface area contributed by atoms with Gasteiger partial charge in [0.25, 0.3) is 0 Å². The molecule has 0 bridgehead atoms. The smallest absolute Gasteiger partial charge is 0.306 e. The van der Waals surface area contributed by atoms with E-state index in [2.05, 4.69) is 27.6 Å². The first kappa shape index (κ1) is 15.7. The second-order valence-corrected chi connectivity index (χ2v) is 7.13. The highest BCUT2D eigenvalue weighted by molar-refractivity contribution is 9.09. The van der Waals surface area contributed by atoms with Gasteiger partial charge in [-0.2, -0.15) is 23.5 Å². The van der Waals surface area contributed by atoms with Crippen LogP contribution in [0.15, 0.2) is 0 Å². The van der Waals surface area contributed by atoms with Crippen LogP contribution in [0, 0.1) is 0 Å². The topological polar surface area (TPSA) is 26.3 Å². The minimum absolute atomic E-state index is 0.108. The maximum absolute atomic E-state index is 10.8. The Balaban J connectivity index is 3.02. The highest BCUT2D eigenvalue weighted by atomic mass is 79.9. The van der Waals surface area contributed by atoms with Crippen LogP contribution < -0.4 is 0 Å². The molecule has 0 radical (unpaired) electrons. The van der Waals surface area contributed by atoms with E-state index in [0.29, 0.717) is 11.2 Å². The number of alkyl halides is 1. The summed E-state index contributed by atoms with van der Waals surface area (Å²) < 4.78 is 4.56. The van der Waals surface area contributed by atoms with Gasteiger partial charge in [-0.15, -0.1) is 0 Å². The summed E-state index contributed by atoms with van der Waals surface area (Å²) in [5.74, 6) is 4.28. The number of halogens is 1. The predicted molar refractivity (Wildman–Crippen MR) is 74.3 cm³/mol. The van der Waals surface area contributed by atoms with E-state index >= 15 is 0 Å². The maximum atomic E-state index is 10.8. The van der Waals surface area contributed by atoms with Crippen molar-refractivity contribution in [2.75, 3.05) is 30.1 Å². The standard InChI is InChI=1S/C10H19BrO2S2/c1-9(11)3-5-14-7-8-15-6-4-10(12)13-2/h9H,3-8H2,1-2H3. The molecule has 2 nitrogen and oxygen atoms in total. The minimum atomic E-state index is -0.108. The monoisotopic (exact) mass is 314 g/mol. The Morgan fingerprint density at radius 2 is 1.87 bits per heavy atom. The first-order valence-electron chi connectivity index (χ1n) is 5.03. The van der Waals surface area contributed by atoms with E-state index in [0.717, 1.165) is 11.5 Å². The van der Waals surface area contributed by atoms with Crippen LogP contribution >= 0.6 is 39.5 Å². The van der Waals surface area contributed by atoms with Crippen LogP contribution in [-0.2, 0) is 9.53 Å². The van der Waals surface area contributed by atoms with Crippen molar-refractivity contribution in [3.05, 3.63) is 0 Å². The molecule has 0 fully saturated rings. The second-order valence-electron chi connectivity index (χ2n) is 3.12. The number of hydrogen-bond donors (Lipinski definition) is 0. The van der Waals surface area contributed by atoms with Gasteiger partial charge in [-0.3, -0.25) is 4.79 Å². The number of thioether (sulfide) groups is 2. The van der Waals surface area contributed by atoms with Crippen LogP contribution in [-0.4, -0.2) is 40.9 Å². The lowest BCUT2D eigenvalue weighted by Gasteiger charge is -2.03. The van der Waals surface area contributed by atoms with E-state index in [4.69, 9.17) is 0 Å². The first-order chi connectivity index (χ1) is 7.16. The van der Waals surface area contributed by atoms with Crippen LogP contribution in [0.5, 0.6) is 0 Å². The van der Waals surface area contributed by atoms with Crippen molar-refractivity contribution < 1.29 is 9.53 Å². The quantitative estimate of drug-likeness (QED) is 0.371. The van der Waals surface area contributed by atoms with E-state index in [1.165, 1.54) is 25.0 Å². The molecule has 0 aliphatic rings. The Bertz CT molecular complexity index is 166. The lowest BCUT2D eigenvalue weighted by atomic mass is 10.4. The molecule has 0 amide bonds. The Kier molecular flexibility index (Phi) is 11.6. The van der Waals surface area contributed by atoms with Gasteiger partial charge in [0.05, 0.1) is 13.5 Å². The molecule has 1 unspecified atom stereocenters. The number of esters is 1. The molecule has 0 aromatic rings. The summed E-state index contributed by atoms with van der Waals surface area (Å²) in [7, 11) is 1.43. The van der Waals surface area contributed by atoms with Gasteiger partial charge >= 0.3 is 5.97 Å². The van der Waals surface area contributed by atoms with Gasteiger partial charge in [-0.1, -0.05) is 22.9 Å². The molecule has 0 saturated carbocycles. The summed E-state index contributed by atoms with van der Waals surface area (Å²) in [6.45, 7) is 2.17. The summed E-state index contributed by atoms with van der Waals surface area (Å²) in [4.78, 5) is 11.4. The molecule has 0 aliphatic carbocycles. The van der Waals surface area contributed by atoms with E-state index in [1.807, 2.05) is 23.5 Å². The van der Waals surface area contributed by atoms with Crippen molar-refractivity contribution in [1.82, 2.24) is 0 Å². The van der Waals surface area contributed by atoms with Crippen LogP contribution in [0.4, 0.5) is 0 Å². The van der Waals surface area contributed by atoms with E-state index in [9.17, 15) is 4.79 Å². The zero-order valence-corrected chi connectivity index (χ0v) is 12.5. The van der Waals surface area contributed by atoms with Gasteiger partial charge in [0.1, 0.15) is 0 Å². The molecule has 0 heterocycles. The molecule has 0 aliphatic heterocycles. The fourth-order valence-corrected chi connectivity index (χ4v) is 3.54. The molecular formula is C10H19BrO2S2. The summed E-state index contributed by atoms with van der Waals surface area (Å²) in [5.41, 5.74) is 0. The molecule has 5 heteroatoms. The average molecular weight is 315 g/mol. The third-order valence-electron chi connectivity index (χ3n) is 1.71. The third-order valence-corrected chi connectivity index (χ3v) is 4.43. The Morgan fingerprint density at radius 3 is 2.40 bits per heavy atom. The largest absolute Gasteiger partial charge is 0.469 e. The van der Waals surface area contributed by atoms with Gasteiger partial charge in [0.15, 0.2) is 0 Å². The fraction of sp³-hybridized carbons (Fsp3) is 0.900. The number of hydrogen-bond acceptors (Lipinski definition) is 4. The maximum Gasteiger partial charge on any atom is 0.306 e. The molecular weight excluding hydrogens is 296 g/mol. The van der Waals surface area contributed by atoms with Crippen molar-refractivity contribution >= 4 is 45.4 Å². The number of carbonyl (C=O) groups is 1. The molecule has 0 N–H and O–H groups in total. The highest BCUT2D eigenvalue weighted by Crippen LogP contribution is 2.12. The van der Waals surface area contributed by atoms with Crippen molar-refractivity contribution in [2.24, 2.45) is 0 Å². The van der Waals surface area contributed by atoms with E-state index in [1.54, 1.807) is 0 Å². The summed E-state index contributed by atoms with van der Waals surface area (Å²) in [6.07, 6.45) is 1.75. The number of ether oxygens (including phenoxy) is 1. The van der Waals surface area contributed by atoms with Crippen molar-refractivity contribution in [2.45, 2.75) is 24.6 Å². The normalized spacial score (nSPS) is 12.5. The van der Waals surface area contributed by atoms with Gasteiger partial charge in [-0.25, -0.2) is 0 Å². The summed E-state index contributed by atoms with van der Waals surface area (Å²) >= 11 is 7.32. The highest BCUT2D eigenvalue weighted by Gasteiger charge is 1.99. The first-order valence-corrected chi connectivity index (χ1v) is 8.25. The predicted octanol–water partition coefficient (Wildman–Crippen LogP) is 3.19. The molecule has 0 aromatic heterocycles. The SMILES string of the molecule is COC(=O)CCSCCSCCC(C)Br. The Labute approximate surface area is 109 Å². The molecule has 15 heavy (non-hydrogen) atoms. The third kappa shape index (κ3) is 12.6. The zero-order valence-electron chi connectivity index (χ0n) is 9.33. The Hall–Kier alpha value is 0.650. The minimum Gasteiger partial charge on any atom is -0.469 e. The van der Waals surface area contributed by atoms with Gasteiger partial charge in [-0.05, 0) is 12.2 Å². The number of methoxy groups -OCH3 is 1. The summed E-state index contributed by atoms with van der Waals surface area (Å²) in [5, 5.41) is 0. The van der Waals surface area contributed by atoms with Gasteiger partial charge in [0.2, 0.25) is 0 Å². The van der Waals surface area contributed by atoms with Crippen molar-refractivity contribution in [3.63, 3.8) is 0 Å². The Morgan fingerprint density at radius 1 is 1.27 bits per heavy atom. The molecule has 1 atom stereocenters. The number of rotatable bonds is 9. The fourth-order valence-electron chi connectivity index (χ4n) is 0.825. The van der Waals surface area contributed by atoms with Crippen molar-refractivity contribution in [1.29, 1.82) is 0 Å². The molecule has 0 rings (SSSR count). The van der Waals surface area contributed by atoms with Gasteiger partial charge < -0.3 is 4.74 Å². The average Bonchev–Trinajstić information content (AvgIpc) is 2.21. The van der Waals surface area contributed by atoms with Gasteiger partial charge in [0, 0.05) is 22.1 Å².